The second-order valence-electron chi connectivity index (χ2n) is 4.97. The summed E-state index contributed by atoms with van der Waals surface area (Å²) in [5.74, 6) is -11.7. The summed E-state index contributed by atoms with van der Waals surface area (Å²) in [5.41, 5.74) is -3.47. The quantitative estimate of drug-likeness (QED) is 0.380. The van der Waals surface area contributed by atoms with E-state index in [1.807, 2.05) is 0 Å². The molecular formula is C11H9F11N2OS. The van der Waals surface area contributed by atoms with Crippen LogP contribution in [0.3, 0.4) is 0 Å². The molecule has 0 amide bonds. The number of ether oxygens (including phenoxy) is 1. The molecule has 1 aliphatic heterocycles. The van der Waals surface area contributed by atoms with Gasteiger partial charge in [0, 0.05) is 13.1 Å². The Hall–Kier alpha value is -1.25. The van der Waals surface area contributed by atoms with Crippen molar-refractivity contribution in [3.05, 3.63) is 0 Å². The molecule has 0 aromatic rings. The fourth-order valence-electron chi connectivity index (χ4n) is 1.89. The van der Waals surface area contributed by atoms with Crippen LogP contribution in [-0.2, 0) is 4.74 Å². The summed E-state index contributed by atoms with van der Waals surface area (Å²) < 4.78 is 145. The van der Waals surface area contributed by atoms with Crippen LogP contribution in [0.2, 0.25) is 0 Å². The molecule has 1 heterocycles. The van der Waals surface area contributed by atoms with Crippen LogP contribution in [0, 0.1) is 5.92 Å². The van der Waals surface area contributed by atoms with Gasteiger partial charge < -0.3 is 9.64 Å². The molecule has 0 radical (unpaired) electrons. The highest BCUT2D eigenvalue weighted by molar-refractivity contribution is 7.80. The third-order valence-corrected chi connectivity index (χ3v) is 3.45. The molecule has 0 aliphatic carbocycles. The Bertz CT molecular complexity index is 532. The summed E-state index contributed by atoms with van der Waals surface area (Å²) in [4.78, 5) is 3.04. The van der Waals surface area contributed by atoms with Crippen molar-refractivity contribution >= 4 is 23.0 Å². The van der Waals surface area contributed by atoms with Gasteiger partial charge in [-0.05, 0) is 12.2 Å². The van der Waals surface area contributed by atoms with Crippen molar-refractivity contribution in [2.24, 2.45) is 10.9 Å². The van der Waals surface area contributed by atoms with Gasteiger partial charge in [0.1, 0.15) is 5.71 Å². The minimum atomic E-state index is -6.75. The Morgan fingerprint density at radius 2 is 1.27 bits per heavy atom. The maximum absolute atomic E-state index is 13.5. The van der Waals surface area contributed by atoms with E-state index in [1.165, 1.54) is 0 Å². The molecule has 1 fully saturated rings. The van der Waals surface area contributed by atoms with Crippen molar-refractivity contribution in [3.63, 3.8) is 0 Å². The van der Waals surface area contributed by atoms with E-state index >= 15 is 0 Å². The van der Waals surface area contributed by atoms with Crippen molar-refractivity contribution in [2.75, 3.05) is 26.3 Å². The lowest BCUT2D eigenvalue weighted by Gasteiger charge is -2.32. The molecule has 0 N–H and O–H groups in total. The van der Waals surface area contributed by atoms with E-state index in [4.69, 9.17) is 4.74 Å². The summed E-state index contributed by atoms with van der Waals surface area (Å²) in [5, 5.41) is -1.26. The Morgan fingerprint density at radius 3 is 1.62 bits per heavy atom. The molecule has 0 spiro atoms. The third kappa shape index (κ3) is 5.14. The van der Waals surface area contributed by atoms with Crippen LogP contribution in [0.15, 0.2) is 4.99 Å². The van der Waals surface area contributed by atoms with Crippen LogP contribution in [-0.4, -0.2) is 66.5 Å². The standard InChI is InChI=1S/C11H9F11N2OS/c12-8(13,11(20,21)22)6(5(9(14,15)16)10(17,18)19)23-7(26)24-1-3-25-4-2-24/h5H,1-4H2/b23-6+. The van der Waals surface area contributed by atoms with E-state index < -0.39 is 41.2 Å². The molecule has 1 saturated heterocycles. The van der Waals surface area contributed by atoms with Crippen molar-refractivity contribution in [1.82, 2.24) is 4.90 Å². The highest BCUT2D eigenvalue weighted by Gasteiger charge is 2.71. The fourth-order valence-corrected chi connectivity index (χ4v) is 2.17. The minimum Gasteiger partial charge on any atom is -0.378 e. The lowest BCUT2D eigenvalue weighted by molar-refractivity contribution is -0.280. The van der Waals surface area contributed by atoms with Gasteiger partial charge in [-0.1, -0.05) is 0 Å². The lowest BCUT2D eigenvalue weighted by atomic mass is 9.96. The zero-order chi connectivity index (χ0) is 20.6. The number of hydrogen-bond acceptors (Lipinski definition) is 2. The monoisotopic (exact) mass is 426 g/mol. The van der Waals surface area contributed by atoms with Gasteiger partial charge in [0.2, 0.25) is 0 Å². The van der Waals surface area contributed by atoms with Crippen LogP contribution >= 0.6 is 12.2 Å². The molecule has 3 nitrogen and oxygen atoms in total. The van der Waals surface area contributed by atoms with Crippen molar-refractivity contribution in [1.29, 1.82) is 0 Å². The second-order valence-corrected chi connectivity index (χ2v) is 5.33. The molecule has 152 valence electrons. The number of hydrogen-bond donors (Lipinski definition) is 0. The topological polar surface area (TPSA) is 24.8 Å². The first-order valence-corrected chi connectivity index (χ1v) is 6.94. The Kier molecular flexibility index (Phi) is 6.49. The minimum absolute atomic E-state index is 0.122. The van der Waals surface area contributed by atoms with Gasteiger partial charge in [0.05, 0.1) is 13.2 Å². The van der Waals surface area contributed by atoms with Crippen molar-refractivity contribution in [2.45, 2.75) is 24.5 Å². The SMILES string of the molecule is FC(F)(F)C(/C(=N\C(=S)N1CCOCC1)C(F)(F)C(F)(F)F)C(F)(F)F. The first kappa shape index (κ1) is 22.8. The van der Waals surface area contributed by atoms with Crippen molar-refractivity contribution < 1.29 is 53.0 Å². The van der Waals surface area contributed by atoms with Gasteiger partial charge in [-0.2, -0.15) is 48.3 Å². The number of thiocarbonyl (C=S) groups is 1. The molecule has 1 aliphatic rings. The molecule has 0 atom stereocenters. The molecule has 15 heteroatoms. The van der Waals surface area contributed by atoms with E-state index in [0.29, 0.717) is 0 Å². The Labute approximate surface area is 143 Å². The molecule has 0 aromatic heterocycles. The van der Waals surface area contributed by atoms with Crippen LogP contribution in [0.5, 0.6) is 0 Å². The highest BCUT2D eigenvalue weighted by atomic mass is 32.1. The zero-order valence-electron chi connectivity index (χ0n) is 12.3. The zero-order valence-corrected chi connectivity index (χ0v) is 13.1. The van der Waals surface area contributed by atoms with Crippen LogP contribution in [0.1, 0.15) is 0 Å². The normalized spacial score (nSPS) is 18.5. The van der Waals surface area contributed by atoms with Crippen LogP contribution in [0.4, 0.5) is 48.3 Å². The summed E-state index contributed by atoms with van der Waals surface area (Å²) >= 11 is 4.35. The summed E-state index contributed by atoms with van der Waals surface area (Å²) in [7, 11) is 0. The summed E-state index contributed by atoms with van der Waals surface area (Å²) in [6.45, 7) is -0.753. The molecule has 1 rings (SSSR count). The van der Waals surface area contributed by atoms with E-state index in [9.17, 15) is 48.3 Å². The highest BCUT2D eigenvalue weighted by Crippen LogP contribution is 2.47. The van der Waals surface area contributed by atoms with Gasteiger partial charge in [0.25, 0.3) is 0 Å². The predicted molar refractivity (Wildman–Crippen MR) is 69.0 cm³/mol. The van der Waals surface area contributed by atoms with Gasteiger partial charge in [0.15, 0.2) is 11.0 Å². The molecule has 0 bridgehead atoms. The number of aliphatic imine (C=N–C) groups is 1. The van der Waals surface area contributed by atoms with E-state index in [1.54, 1.807) is 0 Å². The number of nitrogens with zero attached hydrogens (tertiary/aromatic N) is 2. The van der Waals surface area contributed by atoms with Gasteiger partial charge in [-0.15, -0.1) is 0 Å². The lowest BCUT2D eigenvalue weighted by Crippen LogP contribution is -2.55. The Balaban J connectivity index is 3.51. The van der Waals surface area contributed by atoms with Crippen LogP contribution in [0.25, 0.3) is 0 Å². The number of morpholine rings is 1. The number of rotatable bonds is 2. The molecule has 0 unspecified atom stereocenters. The summed E-state index contributed by atoms with van der Waals surface area (Å²) in [6, 6.07) is 0. The second kappa shape index (κ2) is 7.40. The average Bonchev–Trinajstić information content (AvgIpc) is 2.43. The molecule has 26 heavy (non-hydrogen) atoms. The fraction of sp³-hybridized carbons (Fsp3) is 0.818. The van der Waals surface area contributed by atoms with E-state index in [-0.39, 0.29) is 26.3 Å². The predicted octanol–water partition coefficient (Wildman–Crippen LogP) is 3.98. The Morgan fingerprint density at radius 1 is 0.846 bits per heavy atom. The maximum Gasteiger partial charge on any atom is 0.459 e. The smallest absolute Gasteiger partial charge is 0.378 e. The van der Waals surface area contributed by atoms with E-state index in [0.717, 1.165) is 4.90 Å². The molecule has 0 aromatic carbocycles. The molecular weight excluding hydrogens is 417 g/mol. The third-order valence-electron chi connectivity index (χ3n) is 3.10. The maximum atomic E-state index is 13.5. The largest absolute Gasteiger partial charge is 0.459 e. The summed E-state index contributed by atoms with van der Waals surface area (Å²) in [6.07, 6.45) is -19.8. The first-order valence-electron chi connectivity index (χ1n) is 6.53. The van der Waals surface area contributed by atoms with Gasteiger partial charge in [-0.3, -0.25) is 0 Å². The molecule has 0 saturated carbocycles. The van der Waals surface area contributed by atoms with Gasteiger partial charge in [-0.25, -0.2) is 4.99 Å². The number of alkyl halides is 11. The van der Waals surface area contributed by atoms with Crippen molar-refractivity contribution in [3.8, 4) is 0 Å². The first-order chi connectivity index (χ1) is 11.5. The van der Waals surface area contributed by atoms with Gasteiger partial charge >= 0.3 is 24.5 Å². The number of halogens is 11. The van der Waals surface area contributed by atoms with E-state index in [2.05, 4.69) is 17.2 Å². The van der Waals surface area contributed by atoms with Crippen LogP contribution < -0.4 is 0 Å². The average molecular weight is 426 g/mol.